The number of allylic oxidation sites excluding steroid dienone is 2. The van der Waals surface area contributed by atoms with Crippen LogP contribution in [0.25, 0.3) is 0 Å². The number of rotatable bonds is 8. The zero-order valence-corrected chi connectivity index (χ0v) is 10.1. The Morgan fingerprint density at radius 3 is 2.47 bits per heavy atom. The summed E-state index contributed by atoms with van der Waals surface area (Å²) in [5, 5.41) is 0. The third-order valence-electron chi connectivity index (χ3n) is 2.03. The summed E-state index contributed by atoms with van der Waals surface area (Å²) in [5.74, 6) is 0.525. The minimum atomic E-state index is 0.525. The normalized spacial score (nSPS) is 11.7. The van der Waals surface area contributed by atoms with E-state index in [0.29, 0.717) is 5.92 Å². The second-order valence-electron chi connectivity index (χ2n) is 3.95. The Kier molecular flexibility index (Phi) is 8.85. The van der Waals surface area contributed by atoms with Gasteiger partial charge in [-0.05, 0) is 45.5 Å². The second kappa shape index (κ2) is 9.51. The summed E-state index contributed by atoms with van der Waals surface area (Å²) in [7, 11) is 4.18. The van der Waals surface area contributed by atoms with Crippen molar-refractivity contribution in [1.29, 1.82) is 0 Å². The highest BCUT2D eigenvalue weighted by atomic mass is 15.1. The van der Waals surface area contributed by atoms with Crippen LogP contribution in [0.3, 0.4) is 0 Å². The fourth-order valence-electron chi connectivity index (χ4n) is 1.37. The molecule has 15 heavy (non-hydrogen) atoms. The summed E-state index contributed by atoms with van der Waals surface area (Å²) in [6.45, 7) is 8.51. The highest BCUT2D eigenvalue weighted by Crippen LogP contribution is 2.06. The van der Waals surface area contributed by atoms with Crippen molar-refractivity contribution in [3.05, 3.63) is 43.2 Å². The van der Waals surface area contributed by atoms with Crippen LogP contribution in [-0.2, 0) is 0 Å². The molecule has 0 aliphatic heterocycles. The number of nitrogens with zero attached hydrogens (tertiary/aromatic N) is 1. The summed E-state index contributed by atoms with van der Waals surface area (Å²) >= 11 is 0. The molecule has 0 aliphatic carbocycles. The molecule has 0 aromatic heterocycles. The topological polar surface area (TPSA) is 3.24 Å². The Labute approximate surface area is 94.5 Å². The quantitative estimate of drug-likeness (QED) is 0.333. The van der Waals surface area contributed by atoms with E-state index in [2.05, 4.69) is 50.0 Å². The maximum atomic E-state index is 3.78. The maximum Gasteiger partial charge on any atom is 0.00473 e. The molecule has 0 amide bonds. The molecule has 1 nitrogen and oxygen atoms in total. The fourth-order valence-corrected chi connectivity index (χ4v) is 1.37. The van der Waals surface area contributed by atoms with Gasteiger partial charge in [-0.3, -0.25) is 0 Å². The molecule has 1 atom stereocenters. The van der Waals surface area contributed by atoms with Gasteiger partial charge >= 0.3 is 0 Å². The summed E-state index contributed by atoms with van der Waals surface area (Å²) in [5.41, 5.74) is 3.24. The van der Waals surface area contributed by atoms with Gasteiger partial charge in [-0.1, -0.05) is 12.2 Å². The molecule has 0 spiro atoms. The van der Waals surface area contributed by atoms with Gasteiger partial charge < -0.3 is 4.90 Å². The van der Waals surface area contributed by atoms with E-state index in [4.69, 9.17) is 0 Å². The van der Waals surface area contributed by atoms with E-state index in [9.17, 15) is 0 Å². The van der Waals surface area contributed by atoms with E-state index >= 15 is 0 Å². The molecule has 0 saturated carbocycles. The van der Waals surface area contributed by atoms with Gasteiger partial charge in [0.05, 0.1) is 0 Å². The van der Waals surface area contributed by atoms with Gasteiger partial charge in [-0.2, -0.15) is 0 Å². The molecule has 0 heterocycles. The van der Waals surface area contributed by atoms with Gasteiger partial charge in [0.25, 0.3) is 0 Å². The van der Waals surface area contributed by atoms with Crippen LogP contribution < -0.4 is 0 Å². The van der Waals surface area contributed by atoms with Gasteiger partial charge in [-0.25, -0.2) is 0 Å². The highest BCUT2D eigenvalue weighted by molar-refractivity contribution is 4.94. The van der Waals surface area contributed by atoms with Gasteiger partial charge in [0.2, 0.25) is 0 Å². The van der Waals surface area contributed by atoms with Crippen LogP contribution in [0.2, 0.25) is 0 Å². The molecular weight excluding hydrogens is 182 g/mol. The van der Waals surface area contributed by atoms with Crippen LogP contribution in [0.15, 0.2) is 43.2 Å². The smallest absolute Gasteiger partial charge is 0.00473 e. The lowest BCUT2D eigenvalue weighted by molar-refractivity contribution is 0.360. The van der Waals surface area contributed by atoms with Crippen LogP contribution in [0.4, 0.5) is 0 Å². The van der Waals surface area contributed by atoms with Crippen molar-refractivity contribution in [1.82, 2.24) is 4.90 Å². The monoisotopic (exact) mass is 205 g/mol. The largest absolute Gasteiger partial charge is 0.309 e. The molecule has 0 radical (unpaired) electrons. The lowest BCUT2D eigenvalue weighted by atomic mass is 10.1. The fraction of sp³-hybridized carbons (Fsp3) is 0.500. The van der Waals surface area contributed by atoms with E-state index in [1.54, 1.807) is 0 Å². The first kappa shape index (κ1) is 14.0. The maximum absolute atomic E-state index is 3.78. The van der Waals surface area contributed by atoms with Crippen LogP contribution in [0.1, 0.15) is 19.3 Å². The summed E-state index contributed by atoms with van der Waals surface area (Å²) in [6, 6.07) is 0. The summed E-state index contributed by atoms with van der Waals surface area (Å²) in [4.78, 5) is 2.19. The predicted molar refractivity (Wildman–Crippen MR) is 68.9 cm³/mol. The van der Waals surface area contributed by atoms with Crippen LogP contribution >= 0.6 is 0 Å². The number of hydrogen-bond donors (Lipinski definition) is 0. The zero-order chi connectivity index (χ0) is 11.5. The number of hydrogen-bond acceptors (Lipinski definition) is 1. The Balaban J connectivity index is 4.06. The molecule has 0 rings (SSSR count). The van der Waals surface area contributed by atoms with E-state index in [0.717, 1.165) is 25.8 Å². The summed E-state index contributed by atoms with van der Waals surface area (Å²) in [6.07, 6.45) is 11.2. The molecule has 0 bridgehead atoms. The van der Waals surface area contributed by atoms with E-state index < -0.39 is 0 Å². The average Bonchev–Trinajstić information content (AvgIpc) is 2.17. The van der Waals surface area contributed by atoms with Crippen molar-refractivity contribution < 1.29 is 0 Å². The molecular formula is C14H23N. The van der Waals surface area contributed by atoms with Crippen molar-refractivity contribution >= 4 is 0 Å². The molecule has 0 aromatic carbocycles. The SMILES string of the molecule is C=CCCC=C=CC(CC=C)CN(C)C. The minimum Gasteiger partial charge on any atom is -0.309 e. The Morgan fingerprint density at radius 1 is 1.20 bits per heavy atom. The second-order valence-corrected chi connectivity index (χ2v) is 3.95. The molecule has 84 valence electrons. The molecule has 0 saturated heterocycles. The molecule has 0 fully saturated rings. The third kappa shape index (κ3) is 9.27. The van der Waals surface area contributed by atoms with Crippen LogP contribution in [-0.4, -0.2) is 25.5 Å². The third-order valence-corrected chi connectivity index (χ3v) is 2.03. The van der Waals surface area contributed by atoms with Gasteiger partial charge in [0.15, 0.2) is 0 Å². The van der Waals surface area contributed by atoms with Crippen molar-refractivity contribution in [2.45, 2.75) is 19.3 Å². The highest BCUT2D eigenvalue weighted by Gasteiger charge is 2.02. The Morgan fingerprint density at radius 2 is 1.93 bits per heavy atom. The molecule has 1 heteroatoms. The zero-order valence-electron chi connectivity index (χ0n) is 10.1. The lowest BCUT2D eigenvalue weighted by Gasteiger charge is -2.15. The van der Waals surface area contributed by atoms with Gasteiger partial charge in [0, 0.05) is 12.5 Å². The molecule has 0 aromatic rings. The first-order valence-corrected chi connectivity index (χ1v) is 5.48. The van der Waals surface area contributed by atoms with Crippen molar-refractivity contribution in [3.63, 3.8) is 0 Å². The van der Waals surface area contributed by atoms with Gasteiger partial charge in [-0.15, -0.1) is 18.9 Å². The van der Waals surface area contributed by atoms with Crippen molar-refractivity contribution in [3.8, 4) is 0 Å². The van der Waals surface area contributed by atoms with Gasteiger partial charge in [0.1, 0.15) is 0 Å². The lowest BCUT2D eigenvalue weighted by Crippen LogP contribution is -2.19. The standard InChI is InChI=1S/C14H23N/c1-5-7-8-9-10-12-14(11-6-2)13-15(3)4/h5-6,9,12,14H,1-2,7-8,11,13H2,3-4H3. The Hall–Kier alpha value is -1.04. The molecule has 1 unspecified atom stereocenters. The van der Waals surface area contributed by atoms with E-state index in [1.165, 1.54) is 0 Å². The predicted octanol–water partition coefficient (Wildman–Crippen LogP) is 3.42. The van der Waals surface area contributed by atoms with Crippen LogP contribution in [0, 0.1) is 5.92 Å². The first-order chi connectivity index (χ1) is 7.20. The minimum absolute atomic E-state index is 0.525. The van der Waals surface area contributed by atoms with E-state index in [-0.39, 0.29) is 0 Å². The van der Waals surface area contributed by atoms with E-state index in [1.807, 2.05) is 12.2 Å². The molecule has 0 N–H and O–H groups in total. The summed E-state index contributed by atoms with van der Waals surface area (Å²) < 4.78 is 0. The van der Waals surface area contributed by atoms with Crippen molar-refractivity contribution in [2.24, 2.45) is 5.92 Å². The van der Waals surface area contributed by atoms with Crippen molar-refractivity contribution in [2.75, 3.05) is 20.6 Å². The first-order valence-electron chi connectivity index (χ1n) is 5.48. The van der Waals surface area contributed by atoms with Crippen LogP contribution in [0.5, 0.6) is 0 Å². The Bertz CT molecular complexity index is 232. The number of unbranched alkanes of at least 4 members (excludes halogenated alkanes) is 1. The molecule has 0 aliphatic rings. The average molecular weight is 205 g/mol.